The first kappa shape index (κ1) is 14.0. The van der Waals surface area contributed by atoms with Crippen molar-refractivity contribution in [2.24, 2.45) is 5.10 Å². The minimum atomic E-state index is -0.644. The largest absolute Gasteiger partial charge is 0.441 e. The molecule has 1 amide bonds. The molecule has 9 heteroatoms. The Kier molecular flexibility index (Phi) is 3.99. The second kappa shape index (κ2) is 5.70. The van der Waals surface area contributed by atoms with Crippen LogP contribution in [0.2, 0.25) is 0 Å². The first-order chi connectivity index (χ1) is 9.45. The molecule has 1 aromatic rings. The van der Waals surface area contributed by atoms with Crippen molar-refractivity contribution in [1.82, 2.24) is 9.91 Å². The molecule has 0 radical (unpaired) electrons. The lowest BCUT2D eigenvalue weighted by atomic mass is 10.3. The van der Waals surface area contributed by atoms with Crippen molar-refractivity contribution in [3.63, 3.8) is 0 Å². The van der Waals surface area contributed by atoms with Crippen LogP contribution in [0, 0.1) is 10.1 Å². The smallest absolute Gasteiger partial charge is 0.433 e. The molecule has 108 valence electrons. The summed E-state index contributed by atoms with van der Waals surface area (Å²) in [6.45, 7) is 0.931. The van der Waals surface area contributed by atoms with E-state index >= 15 is 0 Å². The number of carbonyl (C=O) groups excluding carboxylic acids is 1. The third-order valence-corrected chi connectivity index (χ3v) is 2.54. The zero-order chi connectivity index (χ0) is 14.7. The predicted octanol–water partition coefficient (Wildman–Crippen LogP) is 0.904. The molecule has 0 saturated carbocycles. The summed E-state index contributed by atoms with van der Waals surface area (Å²) < 4.78 is 10.0. The van der Waals surface area contributed by atoms with E-state index in [1.54, 1.807) is 0 Å². The van der Waals surface area contributed by atoms with Crippen molar-refractivity contribution in [2.75, 3.05) is 27.2 Å². The van der Waals surface area contributed by atoms with Gasteiger partial charge in [0.1, 0.15) is 11.0 Å². The van der Waals surface area contributed by atoms with E-state index in [1.807, 2.05) is 19.0 Å². The van der Waals surface area contributed by atoms with E-state index in [1.165, 1.54) is 18.3 Å². The van der Waals surface area contributed by atoms with E-state index in [-0.39, 0.29) is 17.7 Å². The van der Waals surface area contributed by atoms with Crippen molar-refractivity contribution in [3.05, 3.63) is 28.0 Å². The van der Waals surface area contributed by atoms with Gasteiger partial charge in [0.05, 0.1) is 18.8 Å². The molecule has 0 aromatic carbocycles. The summed E-state index contributed by atoms with van der Waals surface area (Å²) in [7, 11) is 3.75. The van der Waals surface area contributed by atoms with Gasteiger partial charge in [0.2, 0.25) is 0 Å². The van der Waals surface area contributed by atoms with E-state index in [4.69, 9.17) is 9.15 Å². The van der Waals surface area contributed by atoms with Gasteiger partial charge in [-0.25, -0.2) is 4.79 Å². The van der Waals surface area contributed by atoms with Gasteiger partial charge in [-0.05, 0) is 20.2 Å². The number of hydrogen-bond donors (Lipinski definition) is 0. The summed E-state index contributed by atoms with van der Waals surface area (Å²) in [6.07, 6.45) is 0.446. The Hall–Kier alpha value is -2.42. The number of nitrogens with zero attached hydrogens (tertiary/aromatic N) is 4. The van der Waals surface area contributed by atoms with Crippen LogP contribution in [0.3, 0.4) is 0 Å². The molecule has 1 aromatic heterocycles. The van der Waals surface area contributed by atoms with Crippen LogP contribution in [0.1, 0.15) is 5.76 Å². The lowest BCUT2D eigenvalue weighted by Crippen LogP contribution is -2.28. The van der Waals surface area contributed by atoms with Gasteiger partial charge in [-0.3, -0.25) is 10.1 Å². The normalized spacial score (nSPS) is 19.1. The number of ether oxygens (including phenoxy) is 1. The molecule has 1 fully saturated rings. The predicted molar refractivity (Wildman–Crippen MR) is 68.5 cm³/mol. The lowest BCUT2D eigenvalue weighted by Gasteiger charge is -2.13. The minimum Gasteiger partial charge on any atom is -0.441 e. The summed E-state index contributed by atoms with van der Waals surface area (Å²) in [5, 5.41) is 15.5. The molecular weight excluding hydrogens is 268 g/mol. The highest BCUT2D eigenvalue weighted by Gasteiger charge is 2.31. The molecule has 2 rings (SSSR count). The van der Waals surface area contributed by atoms with Crippen molar-refractivity contribution in [3.8, 4) is 0 Å². The van der Waals surface area contributed by atoms with Gasteiger partial charge < -0.3 is 14.1 Å². The second-order valence-electron chi connectivity index (χ2n) is 4.53. The Bertz CT molecular complexity index is 539. The van der Waals surface area contributed by atoms with Crippen LogP contribution in [0.5, 0.6) is 0 Å². The number of carbonyl (C=O) groups is 1. The highest BCUT2D eigenvalue weighted by atomic mass is 16.6. The van der Waals surface area contributed by atoms with Crippen LogP contribution >= 0.6 is 0 Å². The van der Waals surface area contributed by atoms with Crippen LogP contribution in [-0.4, -0.2) is 60.4 Å². The summed E-state index contributed by atoms with van der Waals surface area (Å²) in [5.41, 5.74) is 0. The molecule has 20 heavy (non-hydrogen) atoms. The van der Waals surface area contributed by atoms with Crippen molar-refractivity contribution < 1.29 is 18.9 Å². The molecular formula is C11H14N4O5. The standard InChI is InChI=1S/C11H14N4O5/c1-13(2)6-9-7-14(11(16)20-9)12-5-8-3-4-10(19-8)15(17)18/h3-5,9H,6-7H2,1-2H3/b12-5+/t9-/m0/s1. The molecule has 1 aliphatic heterocycles. The summed E-state index contributed by atoms with van der Waals surface area (Å²) >= 11 is 0. The highest BCUT2D eigenvalue weighted by molar-refractivity contribution is 5.78. The highest BCUT2D eigenvalue weighted by Crippen LogP contribution is 2.15. The molecule has 2 heterocycles. The summed E-state index contributed by atoms with van der Waals surface area (Å²) in [5.74, 6) is -0.179. The zero-order valence-corrected chi connectivity index (χ0v) is 11.1. The Morgan fingerprint density at radius 3 is 2.95 bits per heavy atom. The van der Waals surface area contributed by atoms with Gasteiger partial charge in [0, 0.05) is 6.54 Å². The quantitative estimate of drug-likeness (QED) is 0.452. The molecule has 0 unspecified atom stereocenters. The van der Waals surface area contributed by atoms with Gasteiger partial charge in [-0.1, -0.05) is 0 Å². The molecule has 0 bridgehead atoms. The zero-order valence-electron chi connectivity index (χ0n) is 11.1. The average molecular weight is 282 g/mol. The van der Waals surface area contributed by atoms with E-state index in [9.17, 15) is 14.9 Å². The van der Waals surface area contributed by atoms with Crippen molar-refractivity contribution in [1.29, 1.82) is 0 Å². The monoisotopic (exact) mass is 282 g/mol. The summed E-state index contributed by atoms with van der Waals surface area (Å²) in [6, 6.07) is 2.62. The first-order valence-corrected chi connectivity index (χ1v) is 5.87. The van der Waals surface area contributed by atoms with Gasteiger partial charge in [-0.2, -0.15) is 10.1 Å². The number of nitro groups is 1. The van der Waals surface area contributed by atoms with Gasteiger partial charge in [0.25, 0.3) is 0 Å². The Balaban J connectivity index is 1.97. The number of furan rings is 1. The maximum atomic E-state index is 11.5. The van der Waals surface area contributed by atoms with Gasteiger partial charge in [0.15, 0.2) is 5.76 Å². The van der Waals surface area contributed by atoms with E-state index < -0.39 is 11.0 Å². The van der Waals surface area contributed by atoms with Crippen LogP contribution in [0.25, 0.3) is 0 Å². The second-order valence-corrected chi connectivity index (χ2v) is 4.53. The van der Waals surface area contributed by atoms with E-state index in [2.05, 4.69) is 5.10 Å². The molecule has 9 nitrogen and oxygen atoms in total. The molecule has 1 atom stereocenters. The van der Waals surface area contributed by atoms with Gasteiger partial charge >= 0.3 is 12.0 Å². The maximum Gasteiger partial charge on any atom is 0.433 e. The number of rotatable bonds is 5. The first-order valence-electron chi connectivity index (χ1n) is 5.87. The number of amides is 1. The third-order valence-electron chi connectivity index (χ3n) is 2.54. The third kappa shape index (κ3) is 3.32. The number of likely N-dealkylation sites (N-methyl/N-ethyl adjacent to an activating group) is 1. The lowest BCUT2D eigenvalue weighted by molar-refractivity contribution is -0.402. The Morgan fingerprint density at radius 2 is 2.35 bits per heavy atom. The van der Waals surface area contributed by atoms with Crippen LogP contribution < -0.4 is 0 Å². The van der Waals surface area contributed by atoms with Crippen molar-refractivity contribution in [2.45, 2.75) is 6.10 Å². The number of hydrazone groups is 1. The number of cyclic esters (lactones) is 1. The van der Waals surface area contributed by atoms with Gasteiger partial charge in [-0.15, -0.1) is 0 Å². The topological polar surface area (TPSA) is 101 Å². The average Bonchev–Trinajstić information content (AvgIpc) is 2.93. The van der Waals surface area contributed by atoms with Crippen LogP contribution in [0.4, 0.5) is 10.7 Å². The van der Waals surface area contributed by atoms with Crippen LogP contribution in [0.15, 0.2) is 21.7 Å². The Labute approximate surface area is 114 Å². The Morgan fingerprint density at radius 1 is 1.60 bits per heavy atom. The number of hydrogen-bond acceptors (Lipinski definition) is 7. The van der Waals surface area contributed by atoms with Crippen molar-refractivity contribution >= 4 is 18.2 Å². The SMILES string of the molecule is CN(C)C[C@H]1CN(/N=C/c2ccc([N+](=O)[O-])o2)C(=O)O1. The molecule has 1 aliphatic rings. The molecule has 0 N–H and O–H groups in total. The molecule has 0 aliphatic carbocycles. The fourth-order valence-corrected chi connectivity index (χ4v) is 1.74. The fourth-order valence-electron chi connectivity index (χ4n) is 1.74. The van der Waals surface area contributed by atoms with E-state index in [0.29, 0.717) is 13.1 Å². The fraction of sp³-hybridized carbons (Fsp3) is 0.455. The molecule has 1 saturated heterocycles. The minimum absolute atomic E-state index is 0.195. The van der Waals surface area contributed by atoms with E-state index in [0.717, 1.165) is 5.01 Å². The summed E-state index contributed by atoms with van der Waals surface area (Å²) in [4.78, 5) is 23.2. The maximum absolute atomic E-state index is 11.5. The molecule has 0 spiro atoms. The van der Waals surface area contributed by atoms with Crippen LogP contribution in [-0.2, 0) is 4.74 Å².